The fourth-order valence-electron chi connectivity index (χ4n) is 3.52. The van der Waals surface area contributed by atoms with Crippen LogP contribution in [0, 0.1) is 5.92 Å². The molecule has 3 heterocycles. The lowest BCUT2D eigenvalue weighted by atomic mass is 9.94. The fourth-order valence-corrected chi connectivity index (χ4v) is 3.52. The second kappa shape index (κ2) is 7.66. The first kappa shape index (κ1) is 17.9. The summed E-state index contributed by atoms with van der Waals surface area (Å²) in [5.74, 6) is 2.97. The molecule has 7 nitrogen and oxygen atoms in total. The Morgan fingerprint density at radius 3 is 2.89 bits per heavy atom. The molecule has 2 aromatic rings. The molecule has 1 atom stereocenters. The number of hydrogen-bond donors (Lipinski definition) is 0. The summed E-state index contributed by atoms with van der Waals surface area (Å²) in [5.41, 5.74) is 0.598. The molecule has 0 bridgehead atoms. The maximum absolute atomic E-state index is 12.8. The summed E-state index contributed by atoms with van der Waals surface area (Å²) >= 11 is 0. The predicted molar refractivity (Wildman–Crippen MR) is 98.6 cm³/mol. The number of nitrogens with zero attached hydrogens (tertiary/aromatic N) is 4. The Morgan fingerprint density at radius 2 is 2.19 bits per heavy atom. The van der Waals surface area contributed by atoms with E-state index in [0.29, 0.717) is 35.7 Å². The van der Waals surface area contributed by atoms with Gasteiger partial charge in [-0.1, -0.05) is 5.16 Å². The molecule has 27 heavy (non-hydrogen) atoms. The Kier molecular flexibility index (Phi) is 5.09. The highest BCUT2D eigenvalue weighted by molar-refractivity contribution is 5.94. The van der Waals surface area contributed by atoms with E-state index in [0.717, 1.165) is 31.6 Å². The van der Waals surface area contributed by atoms with Crippen LogP contribution in [-0.4, -0.2) is 45.1 Å². The lowest BCUT2D eigenvalue weighted by molar-refractivity contribution is 0.0667. The molecular weight excluding hydrogens is 344 g/mol. The number of pyridine rings is 1. The van der Waals surface area contributed by atoms with Crippen molar-refractivity contribution >= 4 is 5.91 Å². The van der Waals surface area contributed by atoms with E-state index in [9.17, 15) is 4.79 Å². The Labute approximate surface area is 159 Å². The first-order chi connectivity index (χ1) is 13.1. The maximum Gasteiger partial charge on any atom is 0.255 e. The van der Waals surface area contributed by atoms with Gasteiger partial charge in [-0.3, -0.25) is 4.79 Å². The largest absolute Gasteiger partial charge is 0.475 e. The molecule has 1 saturated heterocycles. The summed E-state index contributed by atoms with van der Waals surface area (Å²) in [4.78, 5) is 23.5. The minimum atomic E-state index is 0.0208. The van der Waals surface area contributed by atoms with E-state index < -0.39 is 0 Å². The number of carbonyl (C=O) groups excluding carboxylic acids is 1. The van der Waals surface area contributed by atoms with Gasteiger partial charge < -0.3 is 14.2 Å². The minimum absolute atomic E-state index is 0.0208. The SMILES string of the molecule is CC(C)Oc1ccc(C(=O)N2CCC[C@H](Cc3nc(C4CC4)no3)C2)cn1. The van der Waals surface area contributed by atoms with E-state index in [1.807, 2.05) is 18.7 Å². The molecule has 2 aliphatic rings. The molecule has 0 spiro atoms. The quantitative estimate of drug-likeness (QED) is 0.776. The van der Waals surface area contributed by atoms with Gasteiger partial charge in [0.25, 0.3) is 5.91 Å². The second-order valence-electron chi connectivity index (χ2n) is 7.84. The van der Waals surface area contributed by atoms with Gasteiger partial charge in [-0.05, 0) is 51.5 Å². The van der Waals surface area contributed by atoms with E-state index in [-0.39, 0.29) is 12.0 Å². The molecule has 4 rings (SSSR count). The van der Waals surface area contributed by atoms with Crippen molar-refractivity contribution in [1.29, 1.82) is 0 Å². The average molecular weight is 370 g/mol. The number of ether oxygens (including phenoxy) is 1. The molecule has 1 amide bonds. The third-order valence-electron chi connectivity index (χ3n) is 5.04. The van der Waals surface area contributed by atoms with Crippen molar-refractivity contribution in [2.24, 2.45) is 5.92 Å². The van der Waals surface area contributed by atoms with Crippen LogP contribution in [0.5, 0.6) is 5.88 Å². The van der Waals surface area contributed by atoms with Gasteiger partial charge in [0.15, 0.2) is 5.82 Å². The Morgan fingerprint density at radius 1 is 1.33 bits per heavy atom. The normalized spacial score (nSPS) is 20.1. The highest BCUT2D eigenvalue weighted by Crippen LogP contribution is 2.38. The molecule has 0 unspecified atom stereocenters. The van der Waals surface area contributed by atoms with Gasteiger partial charge in [0.2, 0.25) is 11.8 Å². The van der Waals surface area contributed by atoms with Crippen LogP contribution in [-0.2, 0) is 6.42 Å². The number of aromatic nitrogens is 3. The number of piperidine rings is 1. The van der Waals surface area contributed by atoms with E-state index in [1.165, 1.54) is 12.8 Å². The van der Waals surface area contributed by atoms with Gasteiger partial charge in [-0.25, -0.2) is 4.98 Å². The van der Waals surface area contributed by atoms with E-state index in [1.54, 1.807) is 18.3 Å². The minimum Gasteiger partial charge on any atom is -0.475 e. The molecule has 1 aliphatic heterocycles. The summed E-state index contributed by atoms with van der Waals surface area (Å²) in [6, 6.07) is 3.54. The van der Waals surface area contributed by atoms with Gasteiger partial charge in [0.05, 0.1) is 11.7 Å². The monoisotopic (exact) mass is 370 g/mol. The second-order valence-corrected chi connectivity index (χ2v) is 7.84. The summed E-state index contributed by atoms with van der Waals surface area (Å²) < 4.78 is 10.9. The first-order valence-electron chi connectivity index (χ1n) is 9.83. The van der Waals surface area contributed by atoms with Crippen LogP contribution in [0.2, 0.25) is 0 Å². The third-order valence-corrected chi connectivity index (χ3v) is 5.04. The summed E-state index contributed by atoms with van der Waals surface area (Å²) in [6.07, 6.45) is 6.80. The van der Waals surface area contributed by atoms with E-state index >= 15 is 0 Å². The first-order valence-corrected chi connectivity index (χ1v) is 9.83. The zero-order chi connectivity index (χ0) is 18.8. The third kappa shape index (κ3) is 4.46. The van der Waals surface area contributed by atoms with Crippen LogP contribution in [0.4, 0.5) is 0 Å². The van der Waals surface area contributed by atoms with Crippen molar-refractivity contribution in [2.45, 2.75) is 58.0 Å². The zero-order valence-electron chi connectivity index (χ0n) is 15.9. The molecular formula is C20H26N4O3. The van der Waals surface area contributed by atoms with Crippen molar-refractivity contribution < 1.29 is 14.1 Å². The molecule has 2 fully saturated rings. The topological polar surface area (TPSA) is 81.4 Å². The lowest BCUT2D eigenvalue weighted by Gasteiger charge is -2.32. The Hall–Kier alpha value is -2.44. The summed E-state index contributed by atoms with van der Waals surface area (Å²) in [7, 11) is 0. The van der Waals surface area contributed by atoms with Crippen LogP contribution < -0.4 is 4.74 Å². The predicted octanol–water partition coefficient (Wildman–Crippen LogP) is 3.22. The summed E-state index contributed by atoms with van der Waals surface area (Å²) in [5, 5.41) is 4.09. The molecule has 0 aromatic carbocycles. The molecule has 1 aliphatic carbocycles. The van der Waals surface area contributed by atoms with Gasteiger partial charge in [0.1, 0.15) is 0 Å². The Bertz CT molecular complexity index is 783. The van der Waals surface area contributed by atoms with Crippen molar-refractivity contribution in [3.63, 3.8) is 0 Å². The molecule has 0 N–H and O–H groups in total. The van der Waals surface area contributed by atoms with Crippen molar-refractivity contribution in [2.75, 3.05) is 13.1 Å². The molecule has 144 valence electrons. The van der Waals surface area contributed by atoms with Crippen LogP contribution in [0.1, 0.15) is 67.5 Å². The van der Waals surface area contributed by atoms with Gasteiger partial charge >= 0.3 is 0 Å². The number of carbonyl (C=O) groups is 1. The average Bonchev–Trinajstić information content (AvgIpc) is 3.41. The van der Waals surface area contributed by atoms with Crippen molar-refractivity contribution in [3.8, 4) is 5.88 Å². The van der Waals surface area contributed by atoms with E-state index in [2.05, 4.69) is 15.1 Å². The highest BCUT2D eigenvalue weighted by Gasteiger charge is 2.30. The molecule has 7 heteroatoms. The van der Waals surface area contributed by atoms with Gasteiger partial charge in [0, 0.05) is 37.7 Å². The van der Waals surface area contributed by atoms with E-state index in [4.69, 9.17) is 9.26 Å². The standard InChI is InChI=1S/C20H26N4O3/c1-13(2)26-17-8-7-16(11-21-17)20(25)24-9-3-4-14(12-24)10-18-22-19(23-27-18)15-5-6-15/h7-8,11,13-15H,3-6,9-10,12H2,1-2H3/t14-/m1/s1. The fraction of sp³-hybridized carbons (Fsp3) is 0.600. The lowest BCUT2D eigenvalue weighted by Crippen LogP contribution is -2.40. The molecule has 1 saturated carbocycles. The maximum atomic E-state index is 12.8. The molecule has 0 radical (unpaired) electrons. The number of likely N-dealkylation sites (tertiary alicyclic amines) is 1. The zero-order valence-corrected chi connectivity index (χ0v) is 15.9. The van der Waals surface area contributed by atoms with Crippen LogP contribution in [0.15, 0.2) is 22.9 Å². The number of hydrogen-bond acceptors (Lipinski definition) is 6. The van der Waals surface area contributed by atoms with Gasteiger partial charge in [-0.15, -0.1) is 0 Å². The number of rotatable bonds is 6. The van der Waals surface area contributed by atoms with Crippen molar-refractivity contribution in [3.05, 3.63) is 35.6 Å². The van der Waals surface area contributed by atoms with Crippen LogP contribution in [0.3, 0.4) is 0 Å². The van der Waals surface area contributed by atoms with Gasteiger partial charge in [-0.2, -0.15) is 4.98 Å². The summed E-state index contributed by atoms with van der Waals surface area (Å²) in [6.45, 7) is 5.39. The van der Waals surface area contributed by atoms with Crippen LogP contribution >= 0.6 is 0 Å². The smallest absolute Gasteiger partial charge is 0.255 e. The van der Waals surface area contributed by atoms with Crippen LogP contribution in [0.25, 0.3) is 0 Å². The highest BCUT2D eigenvalue weighted by atomic mass is 16.5. The Balaban J connectivity index is 1.35. The van der Waals surface area contributed by atoms with Crippen molar-refractivity contribution in [1.82, 2.24) is 20.0 Å². The number of amides is 1. The molecule has 2 aromatic heterocycles.